The molecule has 1 aliphatic heterocycles. The molecule has 0 aromatic carbocycles. The second-order valence-corrected chi connectivity index (χ2v) is 5.58. The molecule has 0 N–H and O–H groups in total. The summed E-state index contributed by atoms with van der Waals surface area (Å²) in [4.78, 5) is 13.4. The third kappa shape index (κ3) is 3.16. The zero-order valence-corrected chi connectivity index (χ0v) is 12.2. The highest BCUT2D eigenvalue weighted by atomic mass is 79.9. The van der Waals surface area contributed by atoms with Gasteiger partial charge in [-0.2, -0.15) is 0 Å². The molecule has 1 aromatic rings. The van der Waals surface area contributed by atoms with Crippen molar-refractivity contribution in [3.63, 3.8) is 0 Å². The molecule has 0 bridgehead atoms. The van der Waals surface area contributed by atoms with Gasteiger partial charge in [0.15, 0.2) is 0 Å². The predicted molar refractivity (Wildman–Crippen MR) is 73.4 cm³/mol. The number of likely N-dealkylation sites (N-methyl/N-ethyl adjacent to an activating group) is 2. The quantitative estimate of drug-likeness (QED) is 0.783. The molecule has 0 saturated carbocycles. The first-order valence-electron chi connectivity index (χ1n) is 5.99. The Hall–Kier alpha value is -0.680. The minimum Gasteiger partial charge on any atom is -0.355 e. The molecule has 5 heteroatoms. The Balaban J connectivity index is 2.15. The van der Waals surface area contributed by atoms with Gasteiger partial charge < -0.3 is 9.80 Å². The molecule has 0 spiro atoms. The number of aryl methyl sites for hydroxylation is 1. The molecule has 1 aromatic heterocycles. The summed E-state index contributed by atoms with van der Waals surface area (Å²) in [5, 5.41) is 0. The van der Waals surface area contributed by atoms with Crippen LogP contribution in [0, 0.1) is 6.92 Å². The largest absolute Gasteiger partial charge is 0.355 e. The van der Waals surface area contributed by atoms with E-state index in [-0.39, 0.29) is 0 Å². The van der Waals surface area contributed by atoms with Gasteiger partial charge in [-0.05, 0) is 49.3 Å². The van der Waals surface area contributed by atoms with Crippen molar-refractivity contribution in [2.24, 2.45) is 0 Å². The second-order valence-electron chi connectivity index (χ2n) is 4.77. The number of rotatable bonds is 2. The Morgan fingerprint density at radius 1 is 1.47 bits per heavy atom. The lowest BCUT2D eigenvalue weighted by Crippen LogP contribution is -2.45. The molecular formula is C12H19BrN4. The van der Waals surface area contributed by atoms with Crippen molar-refractivity contribution in [2.75, 3.05) is 32.1 Å². The summed E-state index contributed by atoms with van der Waals surface area (Å²) in [5.74, 6) is 1.81. The van der Waals surface area contributed by atoms with Gasteiger partial charge in [0, 0.05) is 25.7 Å². The maximum absolute atomic E-state index is 4.50. The number of hydrogen-bond acceptors (Lipinski definition) is 4. The third-order valence-electron chi connectivity index (χ3n) is 3.30. The van der Waals surface area contributed by atoms with Crippen LogP contribution >= 0.6 is 15.9 Å². The third-order valence-corrected chi connectivity index (χ3v) is 3.71. The second kappa shape index (κ2) is 5.31. The minimum absolute atomic E-state index is 0.551. The highest BCUT2D eigenvalue weighted by Gasteiger charge is 2.22. The van der Waals surface area contributed by atoms with E-state index in [0.29, 0.717) is 6.04 Å². The first-order valence-corrected chi connectivity index (χ1v) is 6.78. The molecule has 0 radical (unpaired) electrons. The van der Waals surface area contributed by atoms with Crippen LogP contribution in [-0.2, 0) is 0 Å². The highest BCUT2D eigenvalue weighted by molar-refractivity contribution is 9.10. The number of halogens is 1. The van der Waals surface area contributed by atoms with Crippen LogP contribution in [-0.4, -0.2) is 48.1 Å². The maximum atomic E-state index is 4.50. The van der Waals surface area contributed by atoms with Crippen LogP contribution in [0.15, 0.2) is 10.7 Å². The van der Waals surface area contributed by atoms with Crippen LogP contribution < -0.4 is 4.90 Å². The van der Waals surface area contributed by atoms with E-state index in [1.165, 1.54) is 19.4 Å². The fraction of sp³-hybridized carbons (Fsp3) is 0.667. The summed E-state index contributed by atoms with van der Waals surface area (Å²) in [5.41, 5.74) is 0. The topological polar surface area (TPSA) is 32.3 Å². The SMILES string of the molecule is Cc1nc(Br)cc(N(C)C2CCCN(C)C2)n1. The molecule has 4 nitrogen and oxygen atoms in total. The molecule has 1 atom stereocenters. The number of likely N-dealkylation sites (tertiary alicyclic amines) is 1. The Kier molecular flexibility index (Phi) is 3.99. The number of nitrogens with zero attached hydrogens (tertiary/aromatic N) is 4. The first kappa shape index (κ1) is 12.8. The summed E-state index contributed by atoms with van der Waals surface area (Å²) >= 11 is 3.43. The van der Waals surface area contributed by atoms with E-state index >= 15 is 0 Å². The van der Waals surface area contributed by atoms with Gasteiger partial charge >= 0.3 is 0 Å². The van der Waals surface area contributed by atoms with Crippen LogP contribution in [0.25, 0.3) is 0 Å². The molecule has 0 amide bonds. The molecule has 1 aliphatic rings. The van der Waals surface area contributed by atoms with E-state index in [4.69, 9.17) is 0 Å². The summed E-state index contributed by atoms with van der Waals surface area (Å²) in [6, 6.07) is 2.54. The standard InChI is InChI=1S/C12H19BrN4/c1-9-14-11(13)7-12(15-9)17(3)10-5-4-6-16(2)8-10/h7,10H,4-6,8H2,1-3H3. The van der Waals surface area contributed by atoms with Gasteiger partial charge in [-0.1, -0.05) is 0 Å². The van der Waals surface area contributed by atoms with E-state index in [1.54, 1.807) is 0 Å². The fourth-order valence-electron chi connectivity index (χ4n) is 2.34. The van der Waals surface area contributed by atoms with Crippen LogP contribution in [0.2, 0.25) is 0 Å². The Morgan fingerprint density at radius 2 is 2.24 bits per heavy atom. The average molecular weight is 299 g/mol. The minimum atomic E-state index is 0.551. The average Bonchev–Trinajstić information content (AvgIpc) is 2.26. The Bertz CT molecular complexity index is 376. The van der Waals surface area contributed by atoms with Crippen LogP contribution in [0.3, 0.4) is 0 Å². The van der Waals surface area contributed by atoms with Crippen LogP contribution in [0.1, 0.15) is 18.7 Å². The van der Waals surface area contributed by atoms with Gasteiger partial charge in [0.25, 0.3) is 0 Å². The van der Waals surface area contributed by atoms with Crippen molar-refractivity contribution in [1.82, 2.24) is 14.9 Å². The lowest BCUT2D eigenvalue weighted by Gasteiger charge is -2.36. The number of piperidine rings is 1. The molecular weight excluding hydrogens is 280 g/mol. The van der Waals surface area contributed by atoms with E-state index in [2.05, 4.69) is 49.8 Å². The summed E-state index contributed by atoms with van der Waals surface area (Å²) < 4.78 is 0.857. The van der Waals surface area contributed by atoms with E-state index < -0.39 is 0 Å². The zero-order valence-electron chi connectivity index (χ0n) is 10.6. The summed E-state index contributed by atoms with van der Waals surface area (Å²) in [7, 11) is 4.30. The summed E-state index contributed by atoms with van der Waals surface area (Å²) in [6.45, 7) is 4.24. The van der Waals surface area contributed by atoms with Gasteiger partial charge in [0.1, 0.15) is 16.2 Å². The number of hydrogen-bond donors (Lipinski definition) is 0. The smallest absolute Gasteiger partial charge is 0.133 e. The van der Waals surface area contributed by atoms with Gasteiger partial charge in [0.05, 0.1) is 0 Å². The normalized spacial score (nSPS) is 21.5. The molecule has 2 heterocycles. The molecule has 17 heavy (non-hydrogen) atoms. The molecule has 1 unspecified atom stereocenters. The van der Waals surface area contributed by atoms with Crippen LogP contribution in [0.5, 0.6) is 0 Å². The van der Waals surface area contributed by atoms with Crippen molar-refractivity contribution in [2.45, 2.75) is 25.8 Å². The maximum Gasteiger partial charge on any atom is 0.133 e. The first-order chi connectivity index (χ1) is 8.06. The molecule has 1 fully saturated rings. The monoisotopic (exact) mass is 298 g/mol. The molecule has 0 aliphatic carbocycles. The zero-order chi connectivity index (χ0) is 12.4. The lowest BCUT2D eigenvalue weighted by molar-refractivity contribution is 0.247. The molecule has 1 saturated heterocycles. The van der Waals surface area contributed by atoms with E-state index in [0.717, 1.165) is 22.8 Å². The van der Waals surface area contributed by atoms with Crippen molar-refractivity contribution >= 4 is 21.7 Å². The van der Waals surface area contributed by atoms with Gasteiger partial charge in [-0.25, -0.2) is 9.97 Å². The van der Waals surface area contributed by atoms with Gasteiger partial charge in [-0.15, -0.1) is 0 Å². The number of aromatic nitrogens is 2. The number of anilines is 1. The van der Waals surface area contributed by atoms with E-state index in [1.807, 2.05) is 13.0 Å². The van der Waals surface area contributed by atoms with E-state index in [9.17, 15) is 0 Å². The molecule has 2 rings (SSSR count). The van der Waals surface area contributed by atoms with Gasteiger partial charge in [0.2, 0.25) is 0 Å². The fourth-order valence-corrected chi connectivity index (χ4v) is 2.80. The highest BCUT2D eigenvalue weighted by Crippen LogP contribution is 2.21. The predicted octanol–water partition coefficient (Wildman–Crippen LogP) is 2.08. The molecule has 94 valence electrons. The van der Waals surface area contributed by atoms with Crippen molar-refractivity contribution in [3.8, 4) is 0 Å². The Morgan fingerprint density at radius 3 is 2.88 bits per heavy atom. The van der Waals surface area contributed by atoms with Crippen molar-refractivity contribution in [1.29, 1.82) is 0 Å². The lowest BCUT2D eigenvalue weighted by atomic mass is 10.1. The van der Waals surface area contributed by atoms with Crippen molar-refractivity contribution in [3.05, 3.63) is 16.5 Å². The summed E-state index contributed by atoms with van der Waals surface area (Å²) in [6.07, 6.45) is 2.50. The van der Waals surface area contributed by atoms with Crippen molar-refractivity contribution < 1.29 is 0 Å². The Labute approximate surface area is 111 Å². The van der Waals surface area contributed by atoms with Crippen LogP contribution in [0.4, 0.5) is 5.82 Å². The van der Waals surface area contributed by atoms with Gasteiger partial charge in [-0.3, -0.25) is 0 Å².